The molecule has 2 rings (SSSR count). The van der Waals surface area contributed by atoms with Crippen LogP contribution in [-0.4, -0.2) is 21.3 Å². The van der Waals surface area contributed by atoms with Crippen molar-refractivity contribution in [1.82, 2.24) is 9.59 Å². The summed E-state index contributed by atoms with van der Waals surface area (Å²) in [5, 5.41) is 15.1. The van der Waals surface area contributed by atoms with Crippen LogP contribution in [0.5, 0.6) is 0 Å². The third-order valence-electron chi connectivity index (χ3n) is 3.02. The number of nitrogens with two attached hydrogens (primary N) is 1. The van der Waals surface area contributed by atoms with Crippen LogP contribution < -0.4 is 5.73 Å². The Balaban J connectivity index is 2.16. The Morgan fingerprint density at radius 2 is 2.46 bits per heavy atom. The van der Waals surface area contributed by atoms with Gasteiger partial charge in [0.05, 0.1) is 18.3 Å². The van der Waals surface area contributed by atoms with Crippen molar-refractivity contribution in [3.63, 3.8) is 0 Å². The summed E-state index contributed by atoms with van der Waals surface area (Å²) < 4.78 is 3.78. The van der Waals surface area contributed by atoms with Gasteiger partial charge in [0.1, 0.15) is 0 Å². The van der Waals surface area contributed by atoms with Crippen molar-refractivity contribution in [3.05, 3.63) is 11.1 Å². The molecular formula is C8H13N3OS. The van der Waals surface area contributed by atoms with Gasteiger partial charge in [-0.3, -0.25) is 0 Å². The minimum absolute atomic E-state index is 0.115. The SMILES string of the molecule is NC(c1csnn1)C1(CO)CCC1. The summed E-state index contributed by atoms with van der Waals surface area (Å²) in [6, 6.07) is -0.148. The van der Waals surface area contributed by atoms with Crippen molar-refractivity contribution < 1.29 is 5.11 Å². The molecule has 1 aromatic rings. The molecule has 1 unspecified atom stereocenters. The highest BCUT2D eigenvalue weighted by Crippen LogP contribution is 2.48. The molecule has 4 nitrogen and oxygen atoms in total. The van der Waals surface area contributed by atoms with E-state index in [0.29, 0.717) is 0 Å². The molecule has 1 aliphatic rings. The van der Waals surface area contributed by atoms with Gasteiger partial charge in [0.2, 0.25) is 0 Å². The Morgan fingerprint density at radius 3 is 2.85 bits per heavy atom. The minimum atomic E-state index is -0.148. The van der Waals surface area contributed by atoms with Gasteiger partial charge in [-0.05, 0) is 24.4 Å². The quantitative estimate of drug-likeness (QED) is 0.751. The number of nitrogens with zero attached hydrogens (tertiary/aromatic N) is 2. The maximum Gasteiger partial charge on any atom is 0.0929 e. The summed E-state index contributed by atoms with van der Waals surface area (Å²) in [5.74, 6) is 0. The standard InChI is InChI=1S/C8H13N3OS/c9-7(6-4-13-11-10-6)8(5-12)2-1-3-8/h4,7,12H,1-3,5,9H2. The van der Waals surface area contributed by atoms with Crippen molar-refractivity contribution in [2.45, 2.75) is 25.3 Å². The molecule has 1 fully saturated rings. The van der Waals surface area contributed by atoms with E-state index in [1.807, 2.05) is 5.38 Å². The van der Waals surface area contributed by atoms with Crippen molar-refractivity contribution in [2.75, 3.05) is 6.61 Å². The lowest BCUT2D eigenvalue weighted by atomic mass is 9.64. The van der Waals surface area contributed by atoms with Crippen LogP contribution in [-0.2, 0) is 0 Å². The second-order valence-electron chi connectivity index (χ2n) is 3.68. The first-order valence-electron chi connectivity index (χ1n) is 4.42. The predicted octanol–water partition coefficient (Wildman–Crippen LogP) is 0.700. The molecule has 0 bridgehead atoms. The summed E-state index contributed by atoms with van der Waals surface area (Å²) in [7, 11) is 0. The normalized spacial score (nSPS) is 22.3. The Labute approximate surface area is 80.9 Å². The number of rotatable bonds is 3. The molecule has 0 amide bonds. The monoisotopic (exact) mass is 199 g/mol. The van der Waals surface area contributed by atoms with E-state index in [1.165, 1.54) is 11.5 Å². The van der Waals surface area contributed by atoms with Crippen molar-refractivity contribution in [1.29, 1.82) is 0 Å². The summed E-state index contributed by atoms with van der Waals surface area (Å²) in [6.45, 7) is 0.158. The zero-order valence-corrected chi connectivity index (χ0v) is 8.13. The number of hydrogen-bond acceptors (Lipinski definition) is 5. The van der Waals surface area contributed by atoms with Crippen LogP contribution >= 0.6 is 11.5 Å². The minimum Gasteiger partial charge on any atom is -0.396 e. The molecule has 0 radical (unpaired) electrons. The summed E-state index contributed by atoms with van der Waals surface area (Å²) in [6.07, 6.45) is 3.16. The lowest BCUT2D eigenvalue weighted by Gasteiger charge is -2.44. The molecule has 0 spiro atoms. The molecule has 1 atom stereocenters. The molecule has 1 heterocycles. The molecule has 3 N–H and O–H groups in total. The van der Waals surface area contributed by atoms with Crippen LogP contribution in [0.1, 0.15) is 31.0 Å². The molecular weight excluding hydrogens is 186 g/mol. The first-order chi connectivity index (χ1) is 6.28. The first-order valence-corrected chi connectivity index (χ1v) is 5.25. The Morgan fingerprint density at radius 1 is 1.69 bits per heavy atom. The average Bonchev–Trinajstić information content (AvgIpc) is 2.54. The van der Waals surface area contributed by atoms with Crippen molar-refractivity contribution in [2.24, 2.45) is 11.1 Å². The maximum absolute atomic E-state index is 9.28. The maximum atomic E-state index is 9.28. The third kappa shape index (κ3) is 1.37. The van der Waals surface area contributed by atoms with Gasteiger partial charge >= 0.3 is 0 Å². The summed E-state index contributed by atoms with van der Waals surface area (Å²) in [5.41, 5.74) is 6.74. The summed E-state index contributed by atoms with van der Waals surface area (Å²) in [4.78, 5) is 0. The fourth-order valence-electron chi connectivity index (χ4n) is 1.82. The van der Waals surface area contributed by atoms with Crippen LogP contribution in [0.2, 0.25) is 0 Å². The third-order valence-corrected chi connectivity index (χ3v) is 3.54. The van der Waals surface area contributed by atoms with Gasteiger partial charge in [-0.1, -0.05) is 10.9 Å². The van der Waals surface area contributed by atoms with E-state index < -0.39 is 0 Å². The van der Waals surface area contributed by atoms with E-state index in [4.69, 9.17) is 5.73 Å². The molecule has 5 heteroatoms. The van der Waals surface area contributed by atoms with E-state index in [-0.39, 0.29) is 18.1 Å². The molecule has 0 aromatic carbocycles. The summed E-state index contributed by atoms with van der Waals surface area (Å²) >= 11 is 1.31. The van der Waals surface area contributed by atoms with Gasteiger partial charge in [0.25, 0.3) is 0 Å². The number of aliphatic hydroxyl groups excluding tert-OH is 1. The fraction of sp³-hybridized carbons (Fsp3) is 0.750. The lowest BCUT2D eigenvalue weighted by molar-refractivity contribution is 0.0171. The zero-order chi connectivity index (χ0) is 9.31. The molecule has 1 aromatic heterocycles. The first kappa shape index (κ1) is 9.05. The second kappa shape index (κ2) is 3.32. The smallest absolute Gasteiger partial charge is 0.0929 e. The highest BCUT2D eigenvalue weighted by atomic mass is 32.1. The predicted molar refractivity (Wildman–Crippen MR) is 50.2 cm³/mol. The lowest BCUT2D eigenvalue weighted by Crippen LogP contribution is -2.43. The van der Waals surface area contributed by atoms with E-state index >= 15 is 0 Å². The van der Waals surface area contributed by atoms with Crippen LogP contribution in [0, 0.1) is 5.41 Å². The fourth-order valence-corrected chi connectivity index (χ4v) is 2.31. The topological polar surface area (TPSA) is 72.0 Å². The van der Waals surface area contributed by atoms with E-state index in [2.05, 4.69) is 9.59 Å². The van der Waals surface area contributed by atoms with Gasteiger partial charge in [-0.25, -0.2) is 0 Å². The Bertz CT molecular complexity index is 265. The molecule has 0 saturated heterocycles. The highest BCUT2D eigenvalue weighted by molar-refractivity contribution is 7.03. The van der Waals surface area contributed by atoms with Crippen molar-refractivity contribution in [3.8, 4) is 0 Å². The van der Waals surface area contributed by atoms with Crippen LogP contribution in [0.25, 0.3) is 0 Å². The second-order valence-corrected chi connectivity index (χ2v) is 4.29. The largest absolute Gasteiger partial charge is 0.396 e. The van der Waals surface area contributed by atoms with Crippen molar-refractivity contribution >= 4 is 11.5 Å². The molecule has 13 heavy (non-hydrogen) atoms. The average molecular weight is 199 g/mol. The van der Waals surface area contributed by atoms with Gasteiger partial charge < -0.3 is 10.8 Å². The van der Waals surface area contributed by atoms with Gasteiger partial charge in [-0.15, -0.1) is 5.10 Å². The number of aliphatic hydroxyl groups is 1. The van der Waals surface area contributed by atoms with E-state index in [9.17, 15) is 5.11 Å². The van der Waals surface area contributed by atoms with Gasteiger partial charge in [0, 0.05) is 10.8 Å². The van der Waals surface area contributed by atoms with Crippen LogP contribution in [0.15, 0.2) is 5.38 Å². The molecule has 0 aliphatic heterocycles. The van der Waals surface area contributed by atoms with E-state index in [0.717, 1.165) is 25.0 Å². The Hall–Kier alpha value is -0.520. The van der Waals surface area contributed by atoms with Crippen LogP contribution in [0.4, 0.5) is 0 Å². The molecule has 1 aliphatic carbocycles. The molecule has 72 valence electrons. The van der Waals surface area contributed by atoms with Gasteiger partial charge in [-0.2, -0.15) is 0 Å². The number of hydrogen-bond donors (Lipinski definition) is 2. The van der Waals surface area contributed by atoms with Gasteiger partial charge in [0.15, 0.2) is 0 Å². The van der Waals surface area contributed by atoms with Crippen LogP contribution in [0.3, 0.4) is 0 Å². The Kier molecular flexibility index (Phi) is 2.31. The molecule has 1 saturated carbocycles. The van der Waals surface area contributed by atoms with E-state index in [1.54, 1.807) is 0 Å². The highest BCUT2D eigenvalue weighted by Gasteiger charge is 2.43. The number of aromatic nitrogens is 2. The zero-order valence-electron chi connectivity index (χ0n) is 7.31.